The van der Waals surface area contributed by atoms with E-state index in [1.807, 2.05) is 56.3 Å². The molecule has 0 bridgehead atoms. The summed E-state index contributed by atoms with van der Waals surface area (Å²) in [7, 11) is 3.88. The van der Waals surface area contributed by atoms with Gasteiger partial charge in [-0.15, -0.1) is 0 Å². The monoisotopic (exact) mass is 354 g/mol. The SMILES string of the molecule is Cc1ccc(Cl)cc1NC(=O)/C(C#N)=C\Nc1cccc(N(C)C)c1. The third-order valence-corrected chi connectivity index (χ3v) is 3.79. The van der Waals surface area contributed by atoms with Crippen molar-refractivity contribution in [3.05, 3.63) is 64.8 Å². The van der Waals surface area contributed by atoms with Crippen molar-refractivity contribution in [2.24, 2.45) is 0 Å². The molecular formula is C19H19ClN4O. The molecule has 0 aliphatic carbocycles. The van der Waals surface area contributed by atoms with Crippen molar-refractivity contribution in [2.45, 2.75) is 6.92 Å². The molecule has 0 aliphatic heterocycles. The van der Waals surface area contributed by atoms with Crippen molar-refractivity contribution in [1.82, 2.24) is 0 Å². The van der Waals surface area contributed by atoms with Gasteiger partial charge < -0.3 is 15.5 Å². The van der Waals surface area contributed by atoms with E-state index in [1.165, 1.54) is 6.20 Å². The van der Waals surface area contributed by atoms with Crippen LogP contribution in [0.5, 0.6) is 0 Å². The van der Waals surface area contributed by atoms with Gasteiger partial charge in [-0.3, -0.25) is 4.79 Å². The van der Waals surface area contributed by atoms with Crippen molar-refractivity contribution < 1.29 is 4.79 Å². The van der Waals surface area contributed by atoms with Crippen molar-refractivity contribution >= 4 is 34.6 Å². The van der Waals surface area contributed by atoms with Crippen LogP contribution in [0.1, 0.15) is 5.56 Å². The first-order valence-electron chi connectivity index (χ1n) is 7.62. The second-order valence-electron chi connectivity index (χ2n) is 5.67. The number of carbonyl (C=O) groups is 1. The zero-order valence-corrected chi connectivity index (χ0v) is 15.1. The topological polar surface area (TPSA) is 68.2 Å². The molecule has 0 aromatic heterocycles. The van der Waals surface area contributed by atoms with Gasteiger partial charge in [0.05, 0.1) is 0 Å². The van der Waals surface area contributed by atoms with Gasteiger partial charge in [-0.1, -0.05) is 23.7 Å². The van der Waals surface area contributed by atoms with E-state index in [0.717, 1.165) is 16.9 Å². The predicted octanol–water partition coefficient (Wildman–Crippen LogP) is 4.17. The summed E-state index contributed by atoms with van der Waals surface area (Å²) in [6.07, 6.45) is 1.39. The number of aryl methyl sites for hydroxylation is 1. The summed E-state index contributed by atoms with van der Waals surface area (Å²) < 4.78 is 0. The van der Waals surface area contributed by atoms with E-state index in [0.29, 0.717) is 10.7 Å². The lowest BCUT2D eigenvalue weighted by Gasteiger charge is -2.13. The maximum Gasteiger partial charge on any atom is 0.267 e. The number of halogens is 1. The Balaban J connectivity index is 2.14. The Morgan fingerprint density at radius 3 is 2.68 bits per heavy atom. The maximum atomic E-state index is 12.3. The molecule has 2 rings (SSSR count). The van der Waals surface area contributed by atoms with Crippen molar-refractivity contribution in [2.75, 3.05) is 29.6 Å². The Morgan fingerprint density at radius 1 is 1.24 bits per heavy atom. The first-order valence-corrected chi connectivity index (χ1v) is 8.00. The summed E-state index contributed by atoms with van der Waals surface area (Å²) in [5, 5.41) is 15.5. The largest absolute Gasteiger partial charge is 0.378 e. The lowest BCUT2D eigenvalue weighted by Crippen LogP contribution is -2.15. The minimum absolute atomic E-state index is 0.0327. The minimum Gasteiger partial charge on any atom is -0.378 e. The van der Waals surface area contributed by atoms with Crippen molar-refractivity contribution in [1.29, 1.82) is 5.26 Å². The number of benzene rings is 2. The highest BCUT2D eigenvalue weighted by atomic mass is 35.5. The number of nitriles is 1. The average Bonchev–Trinajstić information content (AvgIpc) is 2.59. The van der Waals surface area contributed by atoms with E-state index >= 15 is 0 Å². The highest BCUT2D eigenvalue weighted by Gasteiger charge is 2.11. The summed E-state index contributed by atoms with van der Waals surface area (Å²) in [5.41, 5.74) is 3.20. The number of anilines is 3. The van der Waals surface area contributed by atoms with Gasteiger partial charge in [-0.25, -0.2) is 0 Å². The standard InChI is InChI=1S/C19H19ClN4O/c1-13-7-8-15(20)9-18(13)23-19(25)14(11-21)12-22-16-5-4-6-17(10-16)24(2)3/h4-10,12,22H,1-3H3,(H,23,25)/b14-12-. The summed E-state index contributed by atoms with van der Waals surface area (Å²) >= 11 is 5.95. The number of hydrogen-bond acceptors (Lipinski definition) is 4. The van der Waals surface area contributed by atoms with Gasteiger partial charge in [-0.05, 0) is 42.8 Å². The van der Waals surface area contributed by atoms with Crippen LogP contribution in [0.25, 0.3) is 0 Å². The Bertz CT molecular complexity index is 853. The van der Waals surface area contributed by atoms with Gasteiger partial charge >= 0.3 is 0 Å². The van der Waals surface area contributed by atoms with Crippen LogP contribution < -0.4 is 15.5 Å². The van der Waals surface area contributed by atoms with Gasteiger partial charge in [0.1, 0.15) is 11.6 Å². The lowest BCUT2D eigenvalue weighted by atomic mass is 10.2. The maximum absolute atomic E-state index is 12.3. The lowest BCUT2D eigenvalue weighted by molar-refractivity contribution is -0.112. The zero-order valence-electron chi connectivity index (χ0n) is 14.3. The van der Waals surface area contributed by atoms with E-state index in [1.54, 1.807) is 18.2 Å². The first kappa shape index (κ1) is 18.4. The van der Waals surface area contributed by atoms with Crippen LogP contribution in [-0.2, 0) is 4.79 Å². The molecule has 2 aromatic carbocycles. The summed E-state index contributed by atoms with van der Waals surface area (Å²) in [5.74, 6) is -0.496. The van der Waals surface area contributed by atoms with Gasteiger partial charge in [0, 0.05) is 42.4 Å². The molecular weight excluding hydrogens is 336 g/mol. The van der Waals surface area contributed by atoms with E-state index in [2.05, 4.69) is 10.6 Å². The fourth-order valence-electron chi connectivity index (χ4n) is 2.10. The Morgan fingerprint density at radius 2 is 2.00 bits per heavy atom. The van der Waals surface area contributed by atoms with E-state index < -0.39 is 5.91 Å². The van der Waals surface area contributed by atoms with Crippen molar-refractivity contribution in [3.63, 3.8) is 0 Å². The van der Waals surface area contributed by atoms with E-state index in [-0.39, 0.29) is 5.57 Å². The van der Waals surface area contributed by atoms with Crippen LogP contribution in [0.15, 0.2) is 54.2 Å². The Kier molecular flexibility index (Phi) is 6.04. The molecule has 0 spiro atoms. The molecule has 0 heterocycles. The molecule has 25 heavy (non-hydrogen) atoms. The number of nitrogens with zero attached hydrogens (tertiary/aromatic N) is 2. The van der Waals surface area contributed by atoms with Gasteiger partial charge in [0.2, 0.25) is 0 Å². The smallest absolute Gasteiger partial charge is 0.267 e. The number of nitrogens with one attached hydrogen (secondary N) is 2. The highest BCUT2D eigenvalue weighted by molar-refractivity contribution is 6.31. The fourth-order valence-corrected chi connectivity index (χ4v) is 2.27. The second kappa shape index (κ2) is 8.22. The van der Waals surface area contributed by atoms with Crippen molar-refractivity contribution in [3.8, 4) is 6.07 Å². The first-order chi connectivity index (χ1) is 11.9. The quantitative estimate of drug-likeness (QED) is 0.624. The third-order valence-electron chi connectivity index (χ3n) is 3.56. The van der Waals surface area contributed by atoms with Crippen LogP contribution in [-0.4, -0.2) is 20.0 Å². The predicted molar refractivity (Wildman–Crippen MR) is 103 cm³/mol. The zero-order chi connectivity index (χ0) is 18.4. The molecule has 0 saturated heterocycles. The molecule has 5 nitrogen and oxygen atoms in total. The van der Waals surface area contributed by atoms with E-state index in [4.69, 9.17) is 11.6 Å². The normalized spacial score (nSPS) is 10.8. The average molecular weight is 355 g/mol. The van der Waals surface area contributed by atoms with Crippen LogP contribution in [0, 0.1) is 18.3 Å². The molecule has 128 valence electrons. The number of rotatable bonds is 5. The Labute approximate surface area is 152 Å². The number of amides is 1. The fraction of sp³-hybridized carbons (Fsp3) is 0.158. The van der Waals surface area contributed by atoms with Gasteiger partial charge in [0.25, 0.3) is 5.91 Å². The molecule has 0 unspecified atom stereocenters. The molecule has 6 heteroatoms. The minimum atomic E-state index is -0.496. The molecule has 2 aromatic rings. The molecule has 2 N–H and O–H groups in total. The van der Waals surface area contributed by atoms with Crippen LogP contribution in [0.3, 0.4) is 0 Å². The third kappa shape index (κ3) is 5.00. The van der Waals surface area contributed by atoms with Crippen LogP contribution in [0.2, 0.25) is 5.02 Å². The molecule has 0 saturated carbocycles. The Hall–Kier alpha value is -2.97. The van der Waals surface area contributed by atoms with Crippen LogP contribution >= 0.6 is 11.6 Å². The molecule has 0 atom stereocenters. The highest BCUT2D eigenvalue weighted by Crippen LogP contribution is 2.21. The summed E-state index contributed by atoms with van der Waals surface area (Å²) in [6.45, 7) is 1.85. The number of hydrogen-bond donors (Lipinski definition) is 2. The second-order valence-corrected chi connectivity index (χ2v) is 6.11. The van der Waals surface area contributed by atoms with Gasteiger partial charge in [0.15, 0.2) is 0 Å². The van der Waals surface area contributed by atoms with Crippen LogP contribution in [0.4, 0.5) is 17.1 Å². The molecule has 0 radical (unpaired) electrons. The molecule has 0 aliphatic rings. The molecule has 1 amide bonds. The summed E-state index contributed by atoms with van der Waals surface area (Å²) in [6, 6.07) is 14.7. The number of carbonyl (C=O) groups excluding carboxylic acids is 1. The summed E-state index contributed by atoms with van der Waals surface area (Å²) in [4.78, 5) is 14.3. The van der Waals surface area contributed by atoms with E-state index in [9.17, 15) is 10.1 Å². The molecule has 0 fully saturated rings. The van der Waals surface area contributed by atoms with Gasteiger partial charge in [-0.2, -0.15) is 5.26 Å².